The van der Waals surface area contributed by atoms with Crippen LogP contribution in [0.5, 0.6) is 0 Å². The molecule has 112 valence electrons. The molecule has 0 aliphatic heterocycles. The lowest BCUT2D eigenvalue weighted by Gasteiger charge is -2.15. The first kappa shape index (κ1) is 15.0. The second kappa shape index (κ2) is 7.43. The minimum Gasteiger partial charge on any atom is -0.380 e. The van der Waals surface area contributed by atoms with Gasteiger partial charge in [0.2, 0.25) is 0 Å². The van der Waals surface area contributed by atoms with Gasteiger partial charge in [-0.25, -0.2) is 9.97 Å². The maximum absolute atomic E-state index is 5.36. The molecule has 0 amide bonds. The first-order valence-corrected chi connectivity index (χ1v) is 7.70. The Morgan fingerprint density at radius 3 is 2.30 bits per heavy atom. The number of rotatable bonds is 9. The summed E-state index contributed by atoms with van der Waals surface area (Å²) in [4.78, 5) is 9.37. The van der Waals surface area contributed by atoms with Gasteiger partial charge in [-0.2, -0.15) is 0 Å². The summed E-state index contributed by atoms with van der Waals surface area (Å²) >= 11 is 0. The molecule has 0 spiro atoms. The van der Waals surface area contributed by atoms with Gasteiger partial charge in [0.15, 0.2) is 0 Å². The van der Waals surface area contributed by atoms with E-state index in [1.165, 1.54) is 12.8 Å². The van der Waals surface area contributed by atoms with Gasteiger partial charge >= 0.3 is 0 Å². The Morgan fingerprint density at radius 2 is 1.75 bits per heavy atom. The molecule has 1 aliphatic rings. The first-order valence-electron chi connectivity index (χ1n) is 7.70. The zero-order valence-corrected chi connectivity index (χ0v) is 12.8. The lowest BCUT2D eigenvalue weighted by Crippen LogP contribution is -2.15. The van der Waals surface area contributed by atoms with Crippen molar-refractivity contribution in [1.29, 1.82) is 0 Å². The molecule has 0 unspecified atom stereocenters. The molecule has 1 aliphatic carbocycles. The van der Waals surface area contributed by atoms with Crippen molar-refractivity contribution in [2.75, 3.05) is 36.9 Å². The van der Waals surface area contributed by atoms with Crippen LogP contribution in [0.25, 0.3) is 0 Å². The minimum absolute atomic E-state index is 0.560. The topological polar surface area (TPSA) is 59.1 Å². The SMILES string of the molecule is CCCNc1nc(C2CC2)nc(NCCOCC)c1C. The third kappa shape index (κ3) is 4.07. The molecular formula is C15H26N4O. The van der Waals surface area contributed by atoms with Crippen LogP contribution in [0, 0.1) is 6.92 Å². The van der Waals surface area contributed by atoms with Gasteiger partial charge in [0.25, 0.3) is 0 Å². The van der Waals surface area contributed by atoms with Crippen molar-refractivity contribution in [3.8, 4) is 0 Å². The molecule has 0 radical (unpaired) electrons. The van der Waals surface area contributed by atoms with Gasteiger partial charge in [0, 0.05) is 31.2 Å². The molecule has 20 heavy (non-hydrogen) atoms. The van der Waals surface area contributed by atoms with Crippen LogP contribution in [-0.2, 0) is 4.74 Å². The monoisotopic (exact) mass is 278 g/mol. The van der Waals surface area contributed by atoms with Crippen LogP contribution >= 0.6 is 0 Å². The maximum Gasteiger partial charge on any atom is 0.136 e. The number of nitrogens with one attached hydrogen (secondary N) is 2. The molecule has 1 aromatic rings. The molecule has 0 bridgehead atoms. The number of hydrogen-bond donors (Lipinski definition) is 2. The van der Waals surface area contributed by atoms with E-state index >= 15 is 0 Å². The van der Waals surface area contributed by atoms with Crippen LogP contribution in [-0.4, -0.2) is 36.3 Å². The van der Waals surface area contributed by atoms with Crippen molar-refractivity contribution in [2.45, 2.75) is 46.0 Å². The van der Waals surface area contributed by atoms with E-state index in [-0.39, 0.29) is 0 Å². The molecule has 1 fully saturated rings. The highest BCUT2D eigenvalue weighted by Gasteiger charge is 2.28. The second-order valence-corrected chi connectivity index (χ2v) is 5.23. The molecule has 0 atom stereocenters. The minimum atomic E-state index is 0.560. The van der Waals surface area contributed by atoms with Crippen LogP contribution in [0.1, 0.15) is 50.4 Å². The van der Waals surface area contributed by atoms with Crippen LogP contribution in [0.4, 0.5) is 11.6 Å². The molecule has 5 heteroatoms. The van der Waals surface area contributed by atoms with E-state index in [0.29, 0.717) is 12.5 Å². The summed E-state index contributed by atoms with van der Waals surface area (Å²) in [6.07, 6.45) is 3.53. The van der Waals surface area contributed by atoms with Crippen LogP contribution < -0.4 is 10.6 Å². The lowest BCUT2D eigenvalue weighted by atomic mass is 10.2. The molecule has 1 saturated carbocycles. The van der Waals surface area contributed by atoms with Crippen molar-refractivity contribution >= 4 is 11.6 Å². The standard InChI is InChI=1S/C15H26N4O/c1-4-8-16-13-11(3)14(17-9-10-20-5-2)19-15(18-13)12-6-7-12/h12H,4-10H2,1-3H3,(H2,16,17,18,19). The maximum atomic E-state index is 5.36. The van der Waals surface area contributed by atoms with Gasteiger partial charge in [-0.1, -0.05) is 6.92 Å². The summed E-state index contributed by atoms with van der Waals surface area (Å²) in [6.45, 7) is 9.42. The zero-order valence-electron chi connectivity index (χ0n) is 12.8. The normalized spacial score (nSPS) is 14.3. The fourth-order valence-corrected chi connectivity index (χ4v) is 2.03. The predicted octanol–water partition coefficient (Wildman–Crippen LogP) is 2.93. The van der Waals surface area contributed by atoms with E-state index < -0.39 is 0 Å². The Labute approximate surface area is 121 Å². The van der Waals surface area contributed by atoms with Crippen molar-refractivity contribution < 1.29 is 4.74 Å². The Bertz CT molecular complexity index is 432. The largest absolute Gasteiger partial charge is 0.380 e. The fraction of sp³-hybridized carbons (Fsp3) is 0.733. The van der Waals surface area contributed by atoms with E-state index in [4.69, 9.17) is 4.74 Å². The summed E-state index contributed by atoms with van der Waals surface area (Å²) < 4.78 is 5.36. The molecule has 1 aromatic heterocycles. The second-order valence-electron chi connectivity index (χ2n) is 5.23. The molecule has 2 N–H and O–H groups in total. The van der Waals surface area contributed by atoms with Crippen LogP contribution in [0.3, 0.4) is 0 Å². The summed E-state index contributed by atoms with van der Waals surface area (Å²) in [5.41, 5.74) is 1.10. The summed E-state index contributed by atoms with van der Waals surface area (Å²) in [7, 11) is 0. The van der Waals surface area contributed by atoms with E-state index in [2.05, 4.69) is 34.4 Å². The third-order valence-electron chi connectivity index (χ3n) is 3.39. The van der Waals surface area contributed by atoms with Gasteiger partial charge in [-0.15, -0.1) is 0 Å². The Balaban J connectivity index is 2.08. The summed E-state index contributed by atoms with van der Waals surface area (Å²) in [5.74, 6) is 3.46. The molecule has 0 saturated heterocycles. The number of aromatic nitrogens is 2. The summed E-state index contributed by atoms with van der Waals surface area (Å²) in [5, 5.41) is 6.78. The van der Waals surface area contributed by atoms with Gasteiger partial charge in [-0.3, -0.25) is 0 Å². The molecular weight excluding hydrogens is 252 g/mol. The smallest absolute Gasteiger partial charge is 0.136 e. The van der Waals surface area contributed by atoms with Crippen LogP contribution in [0.2, 0.25) is 0 Å². The predicted molar refractivity (Wildman–Crippen MR) is 82.5 cm³/mol. The number of hydrogen-bond acceptors (Lipinski definition) is 5. The molecule has 1 heterocycles. The Hall–Kier alpha value is -1.36. The quantitative estimate of drug-likeness (QED) is 0.680. The highest BCUT2D eigenvalue weighted by atomic mass is 16.5. The van der Waals surface area contributed by atoms with E-state index in [0.717, 1.165) is 49.1 Å². The van der Waals surface area contributed by atoms with Gasteiger partial charge < -0.3 is 15.4 Å². The lowest BCUT2D eigenvalue weighted by molar-refractivity contribution is 0.158. The van der Waals surface area contributed by atoms with E-state index in [1.54, 1.807) is 0 Å². The highest BCUT2D eigenvalue weighted by Crippen LogP contribution is 2.39. The Morgan fingerprint density at radius 1 is 1.10 bits per heavy atom. The molecule has 5 nitrogen and oxygen atoms in total. The number of ether oxygens (including phenoxy) is 1. The number of nitrogens with zero attached hydrogens (tertiary/aromatic N) is 2. The van der Waals surface area contributed by atoms with E-state index in [1.807, 2.05) is 6.92 Å². The van der Waals surface area contributed by atoms with Gasteiger partial charge in [-0.05, 0) is 33.1 Å². The molecule has 0 aromatic carbocycles. The van der Waals surface area contributed by atoms with Gasteiger partial charge in [0.05, 0.1) is 6.61 Å². The van der Waals surface area contributed by atoms with Crippen LogP contribution in [0.15, 0.2) is 0 Å². The van der Waals surface area contributed by atoms with Crippen molar-refractivity contribution in [3.63, 3.8) is 0 Å². The Kier molecular flexibility index (Phi) is 5.59. The molecule has 2 rings (SSSR count). The average Bonchev–Trinajstić information content (AvgIpc) is 3.28. The number of anilines is 2. The van der Waals surface area contributed by atoms with Crippen molar-refractivity contribution in [1.82, 2.24) is 9.97 Å². The van der Waals surface area contributed by atoms with E-state index in [9.17, 15) is 0 Å². The summed E-state index contributed by atoms with van der Waals surface area (Å²) in [6, 6.07) is 0. The zero-order chi connectivity index (χ0) is 14.4. The van der Waals surface area contributed by atoms with Gasteiger partial charge in [0.1, 0.15) is 17.5 Å². The van der Waals surface area contributed by atoms with Crippen molar-refractivity contribution in [2.24, 2.45) is 0 Å². The third-order valence-corrected chi connectivity index (χ3v) is 3.39. The van der Waals surface area contributed by atoms with Crippen molar-refractivity contribution in [3.05, 3.63) is 11.4 Å². The average molecular weight is 278 g/mol. The fourth-order valence-electron chi connectivity index (χ4n) is 2.03. The first-order chi connectivity index (χ1) is 9.76. The highest BCUT2D eigenvalue weighted by molar-refractivity contribution is 5.57.